The summed E-state index contributed by atoms with van der Waals surface area (Å²) in [6, 6.07) is 6.93. The van der Waals surface area contributed by atoms with Crippen LogP contribution in [0, 0.1) is 16.5 Å². The van der Waals surface area contributed by atoms with Gasteiger partial charge < -0.3 is 73.7 Å². The standard InChI is InChI=1S/C29H32O13.C5H5N5S/c1-11-36-9-20-27(40-11)24(31)25(32)29(41-20)42-26-14-7-17-16(38-10-39-17)6-13(14)21(22-15(26)8-37-28(22)33)12-4-18(34-2)23(30)19(5-12)35-3;6-5-9-3-2(4(11)10-5)7-1-8-3/h4-7,11,15,20-22,24-27,29-32H,8-10H2,1-3H3;1H,(H4,6,7,8,9,10,11)/t11-,15+,20-,21-,22+,24-,25-,26-,27-,29+;/m1./s1. The molecular formula is C34H37N5O13S. The Morgan fingerprint density at radius 2 is 1.70 bits per heavy atom. The highest BCUT2D eigenvalue weighted by Gasteiger charge is 2.56. The molecule has 2 aromatic carbocycles. The molecule has 0 radical (unpaired) electrons. The minimum atomic E-state index is -1.44. The van der Waals surface area contributed by atoms with Crippen LogP contribution in [0.1, 0.15) is 35.6 Å². The van der Waals surface area contributed by atoms with Gasteiger partial charge >= 0.3 is 5.97 Å². The number of aromatic nitrogens is 4. The molecule has 7 N–H and O–H groups in total. The molecule has 0 bridgehead atoms. The number of imidazole rings is 1. The lowest BCUT2D eigenvalue weighted by molar-refractivity contribution is -0.364. The van der Waals surface area contributed by atoms with Gasteiger partial charge in [-0.25, -0.2) is 4.98 Å². The van der Waals surface area contributed by atoms with Crippen LogP contribution < -0.4 is 24.7 Å². The molecule has 3 saturated heterocycles. The number of nitrogen functional groups attached to an aromatic ring is 1. The van der Waals surface area contributed by atoms with Crippen molar-refractivity contribution in [3.63, 3.8) is 0 Å². The van der Waals surface area contributed by atoms with E-state index in [0.29, 0.717) is 44.0 Å². The Morgan fingerprint density at radius 1 is 0.981 bits per heavy atom. The molecule has 0 unspecified atom stereocenters. The average molecular weight is 756 g/mol. The van der Waals surface area contributed by atoms with Gasteiger partial charge in [0.15, 0.2) is 41.2 Å². The van der Waals surface area contributed by atoms with Gasteiger partial charge in [-0.15, -0.1) is 0 Å². The zero-order valence-electron chi connectivity index (χ0n) is 28.6. The first-order valence-corrected chi connectivity index (χ1v) is 17.1. The summed E-state index contributed by atoms with van der Waals surface area (Å²) in [7, 11) is 2.86. The molecule has 4 aliphatic heterocycles. The fourth-order valence-electron chi connectivity index (χ4n) is 7.60. The summed E-state index contributed by atoms with van der Waals surface area (Å²) in [5, 5.41) is 32.5. The van der Waals surface area contributed by atoms with Gasteiger partial charge in [-0.3, -0.25) is 4.79 Å². The largest absolute Gasteiger partial charge is 0.502 e. The van der Waals surface area contributed by atoms with Gasteiger partial charge in [0, 0.05) is 11.8 Å². The smallest absolute Gasteiger partial charge is 0.310 e. The Bertz CT molecular complexity index is 2070. The second-order valence-corrected chi connectivity index (χ2v) is 13.4. The van der Waals surface area contributed by atoms with Crippen molar-refractivity contribution in [3.05, 3.63) is 51.9 Å². The quantitative estimate of drug-likeness (QED) is 0.126. The number of phenolic OH excluding ortho intramolecular Hbond substituents is 1. The fourth-order valence-corrected chi connectivity index (χ4v) is 7.85. The number of hydrogen-bond donors (Lipinski definition) is 6. The lowest BCUT2D eigenvalue weighted by Gasteiger charge is -2.47. The van der Waals surface area contributed by atoms with Crippen molar-refractivity contribution in [2.45, 2.75) is 55.9 Å². The molecule has 0 saturated carbocycles. The lowest BCUT2D eigenvalue weighted by atomic mass is 9.66. The minimum absolute atomic E-state index is 0.0301. The number of aromatic hydroxyl groups is 1. The van der Waals surface area contributed by atoms with E-state index in [1.54, 1.807) is 31.2 Å². The normalized spacial score (nSPS) is 31.1. The van der Waals surface area contributed by atoms with Crippen molar-refractivity contribution in [2.24, 2.45) is 11.8 Å². The maximum Gasteiger partial charge on any atom is 0.310 e. The third kappa shape index (κ3) is 6.16. The van der Waals surface area contributed by atoms with E-state index in [9.17, 15) is 20.1 Å². The number of methoxy groups -OCH3 is 2. The van der Waals surface area contributed by atoms with Crippen LogP contribution in [0.4, 0.5) is 5.95 Å². The van der Waals surface area contributed by atoms with Crippen LogP contribution in [0.25, 0.3) is 11.2 Å². The highest BCUT2D eigenvalue weighted by molar-refractivity contribution is 7.71. The van der Waals surface area contributed by atoms with Crippen LogP contribution in [0.2, 0.25) is 0 Å². The van der Waals surface area contributed by atoms with E-state index in [0.717, 1.165) is 0 Å². The Hall–Kier alpha value is -4.76. The second-order valence-electron chi connectivity index (χ2n) is 13.0. The number of aliphatic hydroxyl groups excluding tert-OH is 2. The molecule has 0 amide bonds. The monoisotopic (exact) mass is 755 g/mol. The molecule has 10 atom stereocenters. The maximum atomic E-state index is 13.4. The highest BCUT2D eigenvalue weighted by atomic mass is 32.1. The Kier molecular flexibility index (Phi) is 9.25. The maximum absolute atomic E-state index is 13.4. The molecule has 282 valence electrons. The summed E-state index contributed by atoms with van der Waals surface area (Å²) in [6.45, 7) is 1.93. The molecule has 18 nitrogen and oxygen atoms in total. The molecule has 0 spiro atoms. The van der Waals surface area contributed by atoms with Crippen LogP contribution in [0.3, 0.4) is 0 Å². The van der Waals surface area contributed by atoms with Gasteiger partial charge in [-0.2, -0.15) is 4.98 Å². The first-order chi connectivity index (χ1) is 25.6. The molecule has 53 heavy (non-hydrogen) atoms. The highest BCUT2D eigenvalue weighted by Crippen LogP contribution is 2.57. The number of esters is 1. The molecule has 4 aromatic rings. The first kappa shape index (κ1) is 35.3. The van der Waals surface area contributed by atoms with Gasteiger partial charge in [-0.1, -0.05) is 12.2 Å². The number of carbonyl (C=O) groups excluding carboxylic acids is 1. The number of carbonyl (C=O) groups is 1. The Morgan fingerprint density at radius 3 is 2.42 bits per heavy atom. The third-order valence-corrected chi connectivity index (χ3v) is 10.4. The predicted octanol–water partition coefficient (Wildman–Crippen LogP) is 1.94. The van der Waals surface area contributed by atoms with Gasteiger partial charge in [0.2, 0.25) is 18.5 Å². The number of nitrogens with one attached hydrogen (secondary N) is 2. The van der Waals surface area contributed by atoms with E-state index in [2.05, 4.69) is 19.9 Å². The number of aromatic amines is 2. The Balaban J connectivity index is 0.000000310. The van der Waals surface area contributed by atoms with E-state index in [-0.39, 0.29) is 43.2 Å². The fraction of sp³-hybridized carbons (Fsp3) is 0.471. The second kappa shape index (κ2) is 13.9. The molecular weight excluding hydrogens is 718 g/mol. The van der Waals surface area contributed by atoms with Crippen molar-refractivity contribution >= 4 is 35.3 Å². The minimum Gasteiger partial charge on any atom is -0.502 e. The molecule has 3 fully saturated rings. The molecule has 2 aromatic heterocycles. The summed E-state index contributed by atoms with van der Waals surface area (Å²) >= 11 is 4.95. The van der Waals surface area contributed by atoms with Crippen molar-refractivity contribution in [2.75, 3.05) is 40.0 Å². The third-order valence-electron chi connectivity index (χ3n) is 10.1. The van der Waals surface area contributed by atoms with Crippen molar-refractivity contribution in [1.82, 2.24) is 19.9 Å². The number of H-pyrrole nitrogens is 2. The van der Waals surface area contributed by atoms with E-state index < -0.39 is 66.8 Å². The molecule has 9 rings (SSSR count). The average Bonchev–Trinajstić information content (AvgIpc) is 3.91. The number of hydrogen-bond acceptors (Lipinski definition) is 17. The lowest BCUT2D eigenvalue weighted by Crippen LogP contribution is -2.63. The number of nitrogens with two attached hydrogens (primary N) is 1. The van der Waals surface area contributed by atoms with Gasteiger partial charge in [-0.05, 0) is 47.9 Å². The van der Waals surface area contributed by atoms with Gasteiger partial charge in [0.25, 0.3) is 0 Å². The van der Waals surface area contributed by atoms with Crippen molar-refractivity contribution in [1.29, 1.82) is 0 Å². The van der Waals surface area contributed by atoms with Crippen LogP contribution in [0.5, 0.6) is 28.7 Å². The predicted molar refractivity (Wildman–Crippen MR) is 182 cm³/mol. The van der Waals surface area contributed by atoms with Crippen LogP contribution >= 0.6 is 12.2 Å². The zero-order chi connectivity index (χ0) is 37.1. The summed E-state index contributed by atoms with van der Waals surface area (Å²) in [5.41, 5.74) is 8.67. The molecule has 5 aliphatic rings. The summed E-state index contributed by atoms with van der Waals surface area (Å²) in [4.78, 5) is 26.8. The first-order valence-electron chi connectivity index (χ1n) is 16.7. The van der Waals surface area contributed by atoms with E-state index in [1.165, 1.54) is 20.5 Å². The van der Waals surface area contributed by atoms with Gasteiger partial charge in [0.1, 0.15) is 34.6 Å². The number of ether oxygens (including phenoxy) is 9. The topological polar surface area (TPSA) is 244 Å². The molecule has 1 aliphatic carbocycles. The van der Waals surface area contributed by atoms with Crippen LogP contribution in [-0.4, -0.2) is 112 Å². The van der Waals surface area contributed by atoms with Crippen LogP contribution in [0.15, 0.2) is 30.6 Å². The number of nitrogens with zero attached hydrogens (tertiary/aromatic N) is 2. The summed E-state index contributed by atoms with van der Waals surface area (Å²) in [6.07, 6.45) is -5.27. The number of rotatable bonds is 5. The van der Waals surface area contributed by atoms with E-state index in [4.69, 9.17) is 60.6 Å². The number of phenols is 1. The Labute approximate surface area is 306 Å². The van der Waals surface area contributed by atoms with Crippen LogP contribution in [-0.2, 0) is 28.5 Å². The summed E-state index contributed by atoms with van der Waals surface area (Å²) < 4.78 is 52.1. The molecule has 6 heterocycles. The van der Waals surface area contributed by atoms with E-state index in [1.807, 2.05) is 0 Å². The van der Waals surface area contributed by atoms with Gasteiger partial charge in [0.05, 0.1) is 45.8 Å². The number of aliphatic hydroxyl groups is 2. The van der Waals surface area contributed by atoms with Crippen molar-refractivity contribution < 1.29 is 62.7 Å². The summed E-state index contributed by atoms with van der Waals surface area (Å²) in [5.74, 6) is -0.738. The molecule has 19 heteroatoms. The van der Waals surface area contributed by atoms with Crippen molar-refractivity contribution in [3.8, 4) is 28.7 Å². The number of cyclic esters (lactones) is 1. The SMILES string of the molecule is COc1cc([C@@H]2c3cc4c(cc3[C@@H](O[C@@H]3O[C@@H]5CO[C@@H](C)O[C@H]5[C@H](O)[C@H]3O)[C@H]3COC(=O)[C@H]23)OCO4)cc(OC)c1O.Nc1nc2nc[nH]c2c(=S)[nH]1. The van der Waals surface area contributed by atoms with E-state index >= 15 is 0 Å². The number of fused-ring (bicyclic) bond motifs is 5. The number of anilines is 1. The number of benzene rings is 2. The zero-order valence-corrected chi connectivity index (χ0v) is 29.4.